The quantitative estimate of drug-likeness (QED) is 0.378. The van der Waals surface area contributed by atoms with Crippen molar-refractivity contribution >= 4 is 34.1 Å². The number of rotatable bonds is 6. The predicted octanol–water partition coefficient (Wildman–Crippen LogP) is 5.72. The van der Waals surface area contributed by atoms with Gasteiger partial charge in [-0.15, -0.1) is 10.2 Å². The van der Waals surface area contributed by atoms with Gasteiger partial charge in [0.15, 0.2) is 5.82 Å². The minimum Gasteiger partial charge on any atom is -0.495 e. The molecular formula is C24H25Cl2N5O. The molecule has 2 N–H and O–H groups in total. The molecule has 3 heterocycles. The monoisotopic (exact) mass is 469 g/mol. The number of likely N-dealkylation sites (tertiary alicyclic amines) is 1. The van der Waals surface area contributed by atoms with Crippen LogP contribution in [-0.2, 0) is 13.0 Å². The van der Waals surface area contributed by atoms with Crippen LogP contribution >= 0.6 is 23.2 Å². The summed E-state index contributed by atoms with van der Waals surface area (Å²) in [5.41, 5.74) is 3.22. The molecule has 5 rings (SSSR count). The maximum absolute atomic E-state index is 6.17. The zero-order valence-electron chi connectivity index (χ0n) is 17.9. The number of benzene rings is 2. The van der Waals surface area contributed by atoms with E-state index in [4.69, 9.17) is 27.9 Å². The van der Waals surface area contributed by atoms with Crippen LogP contribution in [0.15, 0.2) is 42.6 Å². The van der Waals surface area contributed by atoms with Crippen LogP contribution in [0.3, 0.4) is 0 Å². The van der Waals surface area contributed by atoms with Crippen LogP contribution in [-0.4, -0.2) is 45.3 Å². The Hall–Kier alpha value is -2.54. The number of hydrogen-bond acceptors (Lipinski definition) is 4. The van der Waals surface area contributed by atoms with Crippen molar-refractivity contribution in [3.63, 3.8) is 0 Å². The first-order valence-corrected chi connectivity index (χ1v) is 11.6. The van der Waals surface area contributed by atoms with Crippen molar-refractivity contribution in [2.45, 2.75) is 25.8 Å². The fourth-order valence-electron chi connectivity index (χ4n) is 4.54. The van der Waals surface area contributed by atoms with Gasteiger partial charge in [-0.25, -0.2) is 0 Å². The fraction of sp³-hybridized carbons (Fsp3) is 0.333. The van der Waals surface area contributed by atoms with Gasteiger partial charge in [0, 0.05) is 17.1 Å². The highest BCUT2D eigenvalue weighted by molar-refractivity contribution is 6.42. The van der Waals surface area contributed by atoms with Gasteiger partial charge in [-0.2, -0.15) is 0 Å². The van der Waals surface area contributed by atoms with Crippen molar-refractivity contribution in [3.8, 4) is 17.1 Å². The second-order valence-electron chi connectivity index (χ2n) is 8.38. The molecule has 6 nitrogen and oxygen atoms in total. The van der Waals surface area contributed by atoms with Crippen molar-refractivity contribution in [2.75, 3.05) is 20.2 Å². The van der Waals surface area contributed by atoms with Crippen LogP contribution < -0.4 is 4.74 Å². The third kappa shape index (κ3) is 4.35. The number of methoxy groups -OCH3 is 1. The molecule has 1 fully saturated rings. The van der Waals surface area contributed by atoms with Gasteiger partial charge < -0.3 is 14.7 Å². The van der Waals surface area contributed by atoms with Crippen molar-refractivity contribution < 1.29 is 4.74 Å². The minimum absolute atomic E-state index is 0.614. The summed E-state index contributed by atoms with van der Waals surface area (Å²) in [5.74, 6) is 3.14. The van der Waals surface area contributed by atoms with E-state index >= 15 is 0 Å². The number of halogens is 2. The minimum atomic E-state index is 0.614. The average Bonchev–Trinajstić information content (AvgIpc) is 3.44. The normalized spacial score (nSPS) is 15.5. The predicted molar refractivity (Wildman–Crippen MR) is 128 cm³/mol. The fourth-order valence-corrected chi connectivity index (χ4v) is 4.86. The maximum atomic E-state index is 6.17. The van der Waals surface area contributed by atoms with Gasteiger partial charge in [0.25, 0.3) is 0 Å². The standard InChI is InChI=1S/C24H25Cl2N5O/c1-32-21-4-2-3-17-18(13-27-23(17)21)24-28-22(29-30-24)14-31-9-7-15(8-10-31)11-16-5-6-19(25)20(26)12-16/h2-6,12-13,15,27H,7-11,14H2,1H3,(H,28,29,30). The van der Waals surface area contributed by atoms with Crippen molar-refractivity contribution in [1.82, 2.24) is 25.1 Å². The summed E-state index contributed by atoms with van der Waals surface area (Å²) in [7, 11) is 1.68. The number of fused-ring (bicyclic) bond motifs is 1. The van der Waals surface area contributed by atoms with Crippen LogP contribution in [0.2, 0.25) is 10.0 Å². The molecule has 0 unspecified atom stereocenters. The molecule has 1 aliphatic rings. The van der Waals surface area contributed by atoms with E-state index < -0.39 is 0 Å². The lowest BCUT2D eigenvalue weighted by Gasteiger charge is -2.31. The first-order valence-electron chi connectivity index (χ1n) is 10.8. The summed E-state index contributed by atoms with van der Waals surface area (Å²) in [6.07, 6.45) is 5.31. The van der Waals surface area contributed by atoms with Crippen LogP contribution in [0.25, 0.3) is 22.3 Å². The maximum Gasteiger partial charge on any atom is 0.163 e. The molecule has 0 saturated carbocycles. The SMILES string of the molecule is COc1cccc2c(-c3nnc(CN4CCC(Cc5ccc(Cl)c(Cl)c5)CC4)[nH]3)c[nH]c12. The second kappa shape index (κ2) is 9.14. The molecule has 1 aliphatic heterocycles. The Morgan fingerprint density at radius 1 is 1.09 bits per heavy atom. The Morgan fingerprint density at radius 3 is 2.72 bits per heavy atom. The van der Waals surface area contributed by atoms with E-state index in [0.717, 1.165) is 72.8 Å². The average molecular weight is 470 g/mol. The molecule has 32 heavy (non-hydrogen) atoms. The Kier molecular flexibility index (Phi) is 6.09. The molecule has 0 aliphatic carbocycles. The lowest BCUT2D eigenvalue weighted by molar-refractivity contribution is 0.173. The van der Waals surface area contributed by atoms with Crippen LogP contribution in [0.5, 0.6) is 5.75 Å². The highest BCUT2D eigenvalue weighted by Gasteiger charge is 2.21. The number of H-pyrrole nitrogens is 2. The zero-order valence-corrected chi connectivity index (χ0v) is 19.4. The number of ether oxygens (including phenoxy) is 1. The molecule has 4 aromatic rings. The van der Waals surface area contributed by atoms with Gasteiger partial charge in [0.2, 0.25) is 0 Å². The summed E-state index contributed by atoms with van der Waals surface area (Å²) in [6.45, 7) is 2.87. The van der Waals surface area contributed by atoms with E-state index in [0.29, 0.717) is 16.0 Å². The molecule has 8 heteroatoms. The van der Waals surface area contributed by atoms with Crippen molar-refractivity contribution in [2.24, 2.45) is 5.92 Å². The number of nitrogens with zero attached hydrogens (tertiary/aromatic N) is 3. The van der Waals surface area contributed by atoms with Crippen LogP contribution in [0.4, 0.5) is 0 Å². The summed E-state index contributed by atoms with van der Waals surface area (Å²) in [6, 6.07) is 11.9. The van der Waals surface area contributed by atoms with Gasteiger partial charge in [-0.3, -0.25) is 4.90 Å². The third-order valence-electron chi connectivity index (χ3n) is 6.27. The van der Waals surface area contributed by atoms with Gasteiger partial charge in [-0.05, 0) is 62.0 Å². The molecule has 0 spiro atoms. The van der Waals surface area contributed by atoms with E-state index in [1.165, 1.54) is 5.56 Å². The number of hydrogen-bond donors (Lipinski definition) is 2. The Labute approximate surface area is 196 Å². The van der Waals surface area contributed by atoms with E-state index in [1.807, 2.05) is 30.5 Å². The highest BCUT2D eigenvalue weighted by Crippen LogP contribution is 2.32. The van der Waals surface area contributed by atoms with Gasteiger partial charge in [-0.1, -0.05) is 41.4 Å². The molecule has 0 atom stereocenters. The van der Waals surface area contributed by atoms with Gasteiger partial charge in [0.1, 0.15) is 11.6 Å². The van der Waals surface area contributed by atoms with Crippen LogP contribution in [0.1, 0.15) is 24.2 Å². The molecule has 0 bridgehead atoms. The van der Waals surface area contributed by atoms with E-state index in [-0.39, 0.29) is 0 Å². The highest BCUT2D eigenvalue weighted by atomic mass is 35.5. The summed E-state index contributed by atoms with van der Waals surface area (Å²) in [5, 5.41) is 11.1. The van der Waals surface area contributed by atoms with E-state index in [9.17, 15) is 0 Å². The molecular weight excluding hydrogens is 445 g/mol. The Balaban J connectivity index is 1.20. The van der Waals surface area contributed by atoms with Crippen LogP contribution in [0, 0.1) is 5.92 Å². The lowest BCUT2D eigenvalue weighted by atomic mass is 9.90. The number of piperidine rings is 1. The Bertz CT molecular complexity index is 1230. The van der Waals surface area contributed by atoms with Crippen molar-refractivity contribution in [3.05, 3.63) is 64.0 Å². The lowest BCUT2D eigenvalue weighted by Crippen LogP contribution is -2.34. The zero-order chi connectivity index (χ0) is 22.1. The molecule has 1 saturated heterocycles. The molecule has 2 aromatic heterocycles. The first-order chi connectivity index (χ1) is 15.6. The summed E-state index contributed by atoms with van der Waals surface area (Å²) < 4.78 is 5.44. The Morgan fingerprint density at radius 2 is 1.94 bits per heavy atom. The van der Waals surface area contributed by atoms with Gasteiger partial charge in [0.05, 0.1) is 29.2 Å². The molecule has 166 valence electrons. The number of aromatic nitrogens is 4. The summed E-state index contributed by atoms with van der Waals surface area (Å²) >= 11 is 12.2. The number of nitrogens with one attached hydrogen (secondary N) is 2. The smallest absolute Gasteiger partial charge is 0.163 e. The third-order valence-corrected chi connectivity index (χ3v) is 7.01. The van der Waals surface area contributed by atoms with E-state index in [1.54, 1.807) is 7.11 Å². The largest absolute Gasteiger partial charge is 0.495 e. The number of para-hydroxylation sites is 1. The molecule has 0 radical (unpaired) electrons. The molecule has 2 aromatic carbocycles. The molecule has 0 amide bonds. The van der Waals surface area contributed by atoms with Gasteiger partial charge >= 0.3 is 0 Å². The number of aromatic amines is 2. The first kappa shape index (κ1) is 21.3. The van der Waals surface area contributed by atoms with E-state index in [2.05, 4.69) is 37.2 Å². The second-order valence-corrected chi connectivity index (χ2v) is 9.19. The summed E-state index contributed by atoms with van der Waals surface area (Å²) in [4.78, 5) is 9.13. The topological polar surface area (TPSA) is 69.8 Å². The van der Waals surface area contributed by atoms with Crippen molar-refractivity contribution in [1.29, 1.82) is 0 Å².